The van der Waals surface area contributed by atoms with E-state index in [0.29, 0.717) is 0 Å². The largest absolute Gasteiger partial charge is 0.369 e. The second-order valence-corrected chi connectivity index (χ2v) is 3.56. The summed E-state index contributed by atoms with van der Waals surface area (Å²) >= 11 is 0. The summed E-state index contributed by atoms with van der Waals surface area (Å²) in [5.74, 6) is 0.793. The van der Waals surface area contributed by atoms with Crippen LogP contribution in [0.3, 0.4) is 0 Å². The third-order valence-electron chi connectivity index (χ3n) is 2.59. The molecule has 0 aromatic carbocycles. The Morgan fingerprint density at radius 2 is 2.23 bits per heavy atom. The number of guanidine groups is 1. The number of nitrogens with zero attached hydrogens (tertiary/aromatic N) is 1. The monoisotopic (exact) mass is 182 g/mol. The molecule has 0 unspecified atom stereocenters. The number of nitrogens with two attached hydrogens (primary N) is 1. The number of hydrogen-bond acceptors (Lipinski definition) is 2. The van der Waals surface area contributed by atoms with Crippen molar-refractivity contribution in [3.05, 3.63) is 0 Å². The van der Waals surface area contributed by atoms with Gasteiger partial charge in [0.25, 0.3) is 0 Å². The van der Waals surface area contributed by atoms with Crippen LogP contribution in [0.1, 0.15) is 39.0 Å². The van der Waals surface area contributed by atoms with Gasteiger partial charge in [0.2, 0.25) is 5.96 Å². The zero-order chi connectivity index (χ0) is 9.68. The molecule has 0 radical (unpaired) electrons. The van der Waals surface area contributed by atoms with E-state index in [9.17, 15) is 0 Å². The maximum absolute atomic E-state index is 6.95. The normalized spacial score (nSPS) is 22.5. The summed E-state index contributed by atoms with van der Waals surface area (Å²) in [6.07, 6.45) is 5.84. The van der Waals surface area contributed by atoms with Gasteiger partial charge in [-0.15, -0.1) is 0 Å². The first-order valence-electron chi connectivity index (χ1n) is 4.87. The number of hydrazone groups is 1. The molecule has 1 rings (SSSR count). The van der Waals surface area contributed by atoms with Gasteiger partial charge in [0.1, 0.15) is 0 Å². The van der Waals surface area contributed by atoms with E-state index < -0.39 is 0 Å². The van der Waals surface area contributed by atoms with E-state index in [-0.39, 0.29) is 5.96 Å². The fourth-order valence-corrected chi connectivity index (χ4v) is 1.67. The fourth-order valence-electron chi connectivity index (χ4n) is 1.67. The number of hydrogen-bond donors (Lipinski definition) is 3. The quantitative estimate of drug-likeness (QED) is 0.343. The molecule has 0 heterocycles. The molecule has 0 spiro atoms. The van der Waals surface area contributed by atoms with E-state index in [2.05, 4.69) is 17.5 Å². The zero-order valence-electron chi connectivity index (χ0n) is 8.14. The van der Waals surface area contributed by atoms with Crippen LogP contribution in [0.2, 0.25) is 0 Å². The van der Waals surface area contributed by atoms with Crippen molar-refractivity contribution in [2.75, 3.05) is 0 Å². The Balaban J connectivity index is 2.31. The minimum Gasteiger partial charge on any atom is -0.369 e. The second kappa shape index (κ2) is 4.84. The third-order valence-corrected chi connectivity index (χ3v) is 2.59. The highest BCUT2D eigenvalue weighted by Gasteiger charge is 2.15. The predicted molar refractivity (Wildman–Crippen MR) is 54.7 cm³/mol. The molecule has 13 heavy (non-hydrogen) atoms. The summed E-state index contributed by atoms with van der Waals surface area (Å²) in [6, 6.07) is 0. The van der Waals surface area contributed by atoms with Crippen molar-refractivity contribution < 1.29 is 0 Å². The van der Waals surface area contributed by atoms with Crippen LogP contribution in [0.5, 0.6) is 0 Å². The van der Waals surface area contributed by atoms with Crippen molar-refractivity contribution in [3.8, 4) is 0 Å². The van der Waals surface area contributed by atoms with Gasteiger partial charge in [0, 0.05) is 5.71 Å². The van der Waals surface area contributed by atoms with Gasteiger partial charge < -0.3 is 5.73 Å². The summed E-state index contributed by atoms with van der Waals surface area (Å²) < 4.78 is 0. The maximum atomic E-state index is 6.95. The van der Waals surface area contributed by atoms with E-state index in [0.717, 1.165) is 24.5 Å². The minimum atomic E-state index is -0.0786. The highest BCUT2D eigenvalue weighted by molar-refractivity contribution is 5.86. The number of rotatable bonds is 2. The first kappa shape index (κ1) is 10.0. The van der Waals surface area contributed by atoms with Gasteiger partial charge in [0.05, 0.1) is 0 Å². The molecule has 4 heteroatoms. The SMILES string of the molecule is CCC1CCC(=NNC(=N)N)CC1. The van der Waals surface area contributed by atoms with Gasteiger partial charge in [-0.05, 0) is 31.6 Å². The van der Waals surface area contributed by atoms with Crippen molar-refractivity contribution in [2.24, 2.45) is 16.8 Å². The molecule has 0 bridgehead atoms. The van der Waals surface area contributed by atoms with Crippen molar-refractivity contribution in [2.45, 2.75) is 39.0 Å². The Hall–Kier alpha value is -1.06. The van der Waals surface area contributed by atoms with Crippen LogP contribution >= 0.6 is 0 Å². The van der Waals surface area contributed by atoms with Gasteiger partial charge in [-0.2, -0.15) is 5.10 Å². The van der Waals surface area contributed by atoms with Crippen LogP contribution in [0.15, 0.2) is 5.10 Å². The molecule has 0 saturated heterocycles. The summed E-state index contributed by atoms with van der Waals surface area (Å²) in [7, 11) is 0. The molecule has 0 aliphatic heterocycles. The predicted octanol–water partition coefficient (Wildman–Crippen LogP) is 1.43. The highest BCUT2D eigenvalue weighted by atomic mass is 15.3. The molecule has 0 aromatic heterocycles. The summed E-state index contributed by atoms with van der Waals surface area (Å²) in [5, 5.41) is 11.0. The van der Waals surface area contributed by atoms with Crippen LogP contribution in [0.4, 0.5) is 0 Å². The van der Waals surface area contributed by atoms with Crippen LogP contribution in [0.25, 0.3) is 0 Å². The standard InChI is InChI=1S/C9H18N4/c1-2-7-3-5-8(6-4-7)12-13-9(10)11/h7H,2-6H2,1H3,(H4,10,11,13). The summed E-state index contributed by atoms with van der Waals surface area (Å²) in [4.78, 5) is 0. The van der Waals surface area contributed by atoms with Crippen molar-refractivity contribution in [3.63, 3.8) is 0 Å². The van der Waals surface area contributed by atoms with E-state index in [4.69, 9.17) is 11.1 Å². The van der Waals surface area contributed by atoms with Gasteiger partial charge in [0.15, 0.2) is 0 Å². The average Bonchev–Trinajstić information content (AvgIpc) is 2.15. The second-order valence-electron chi connectivity index (χ2n) is 3.56. The molecule has 74 valence electrons. The average molecular weight is 182 g/mol. The number of nitrogens with one attached hydrogen (secondary N) is 2. The molecular formula is C9H18N4. The Bertz CT molecular complexity index is 200. The molecule has 0 aromatic rings. The van der Waals surface area contributed by atoms with Crippen molar-refractivity contribution in [1.29, 1.82) is 5.41 Å². The van der Waals surface area contributed by atoms with E-state index in [1.54, 1.807) is 0 Å². The Morgan fingerprint density at radius 3 is 2.69 bits per heavy atom. The Kier molecular flexibility index (Phi) is 3.73. The van der Waals surface area contributed by atoms with Crippen LogP contribution in [0, 0.1) is 11.3 Å². The van der Waals surface area contributed by atoms with Crippen LogP contribution < -0.4 is 11.2 Å². The lowest BCUT2D eigenvalue weighted by molar-refractivity contribution is 0.428. The third kappa shape index (κ3) is 3.44. The molecule has 4 nitrogen and oxygen atoms in total. The van der Waals surface area contributed by atoms with Crippen LogP contribution in [-0.2, 0) is 0 Å². The molecule has 1 fully saturated rings. The lowest BCUT2D eigenvalue weighted by atomic mass is 9.86. The summed E-state index contributed by atoms with van der Waals surface area (Å²) in [5.41, 5.74) is 8.78. The van der Waals surface area contributed by atoms with Gasteiger partial charge in [-0.3, -0.25) is 5.41 Å². The van der Waals surface area contributed by atoms with Crippen LogP contribution in [-0.4, -0.2) is 11.7 Å². The van der Waals surface area contributed by atoms with Gasteiger partial charge in [-0.25, -0.2) is 5.43 Å². The Morgan fingerprint density at radius 1 is 1.62 bits per heavy atom. The van der Waals surface area contributed by atoms with Gasteiger partial charge >= 0.3 is 0 Å². The molecule has 0 atom stereocenters. The highest BCUT2D eigenvalue weighted by Crippen LogP contribution is 2.24. The Labute approximate surface area is 79.1 Å². The lowest BCUT2D eigenvalue weighted by Crippen LogP contribution is -2.27. The molecule has 1 saturated carbocycles. The maximum Gasteiger partial charge on any atom is 0.206 e. The first-order chi connectivity index (χ1) is 6.22. The first-order valence-corrected chi connectivity index (χ1v) is 4.87. The topological polar surface area (TPSA) is 74.3 Å². The van der Waals surface area contributed by atoms with E-state index >= 15 is 0 Å². The van der Waals surface area contributed by atoms with E-state index in [1.807, 2.05) is 0 Å². The lowest BCUT2D eigenvalue weighted by Gasteiger charge is -2.21. The molecule has 1 aliphatic carbocycles. The van der Waals surface area contributed by atoms with Crippen molar-refractivity contribution in [1.82, 2.24) is 5.43 Å². The summed E-state index contributed by atoms with van der Waals surface area (Å²) in [6.45, 7) is 2.24. The smallest absolute Gasteiger partial charge is 0.206 e. The fraction of sp³-hybridized carbons (Fsp3) is 0.778. The molecule has 0 amide bonds. The van der Waals surface area contributed by atoms with Gasteiger partial charge in [-0.1, -0.05) is 13.3 Å². The molecule has 1 aliphatic rings. The van der Waals surface area contributed by atoms with Crippen molar-refractivity contribution >= 4 is 11.7 Å². The van der Waals surface area contributed by atoms with E-state index in [1.165, 1.54) is 19.3 Å². The minimum absolute atomic E-state index is 0.0786. The zero-order valence-corrected chi connectivity index (χ0v) is 8.14. The molecular weight excluding hydrogens is 164 g/mol. The molecule has 4 N–H and O–H groups in total.